The Hall–Kier alpha value is -0.120. The van der Waals surface area contributed by atoms with E-state index in [1.54, 1.807) is 0 Å². The standard InChI is InChI=1S/C14H31N3/c1-6-12(2)14(15-4)11-17-9-7-8-16(5)10-13(17)3/h12-15H,6-11H2,1-5H3. The highest BCUT2D eigenvalue weighted by Gasteiger charge is 2.23. The van der Waals surface area contributed by atoms with Gasteiger partial charge in [0.05, 0.1) is 0 Å². The molecule has 0 bridgehead atoms. The van der Waals surface area contributed by atoms with Gasteiger partial charge < -0.3 is 10.2 Å². The highest BCUT2D eigenvalue weighted by Crippen LogP contribution is 2.14. The lowest BCUT2D eigenvalue weighted by atomic mass is 9.98. The Balaban J connectivity index is 2.52. The van der Waals surface area contributed by atoms with Gasteiger partial charge in [0.15, 0.2) is 0 Å². The van der Waals surface area contributed by atoms with Gasteiger partial charge in [0.1, 0.15) is 0 Å². The fourth-order valence-corrected chi connectivity index (χ4v) is 2.79. The predicted octanol–water partition coefficient (Wildman–Crippen LogP) is 1.65. The molecule has 3 nitrogen and oxygen atoms in total. The second kappa shape index (κ2) is 7.34. The number of hydrogen-bond acceptors (Lipinski definition) is 3. The van der Waals surface area contributed by atoms with E-state index >= 15 is 0 Å². The molecular weight excluding hydrogens is 210 g/mol. The summed E-state index contributed by atoms with van der Waals surface area (Å²) in [6.07, 6.45) is 2.56. The van der Waals surface area contributed by atoms with Crippen LogP contribution in [0.25, 0.3) is 0 Å². The molecule has 3 unspecified atom stereocenters. The van der Waals surface area contributed by atoms with Crippen LogP contribution in [0.2, 0.25) is 0 Å². The molecule has 1 N–H and O–H groups in total. The quantitative estimate of drug-likeness (QED) is 0.789. The third kappa shape index (κ3) is 4.57. The fourth-order valence-electron chi connectivity index (χ4n) is 2.79. The number of likely N-dealkylation sites (N-methyl/N-ethyl adjacent to an activating group) is 2. The zero-order valence-corrected chi connectivity index (χ0v) is 12.4. The van der Waals surface area contributed by atoms with Crippen molar-refractivity contribution in [2.75, 3.05) is 40.3 Å². The van der Waals surface area contributed by atoms with Crippen LogP contribution < -0.4 is 5.32 Å². The molecule has 0 spiro atoms. The summed E-state index contributed by atoms with van der Waals surface area (Å²) in [5, 5.41) is 3.50. The summed E-state index contributed by atoms with van der Waals surface area (Å²) >= 11 is 0. The van der Waals surface area contributed by atoms with Crippen LogP contribution in [0.4, 0.5) is 0 Å². The lowest BCUT2D eigenvalue weighted by Gasteiger charge is -2.33. The van der Waals surface area contributed by atoms with Crippen LogP contribution in [-0.2, 0) is 0 Å². The van der Waals surface area contributed by atoms with Gasteiger partial charge in [-0.1, -0.05) is 20.3 Å². The lowest BCUT2D eigenvalue weighted by Crippen LogP contribution is -2.47. The number of rotatable bonds is 5. The van der Waals surface area contributed by atoms with E-state index in [4.69, 9.17) is 0 Å². The molecule has 0 aromatic rings. The van der Waals surface area contributed by atoms with Crippen molar-refractivity contribution in [3.8, 4) is 0 Å². The molecule has 0 aliphatic carbocycles. The third-order valence-electron chi connectivity index (χ3n) is 4.32. The maximum atomic E-state index is 3.50. The van der Waals surface area contributed by atoms with E-state index in [0.717, 1.165) is 5.92 Å². The molecule has 1 aliphatic rings. The second-order valence-electron chi connectivity index (χ2n) is 5.74. The summed E-state index contributed by atoms with van der Waals surface area (Å²) in [6.45, 7) is 11.9. The molecular formula is C14H31N3. The number of nitrogens with zero attached hydrogens (tertiary/aromatic N) is 2. The van der Waals surface area contributed by atoms with E-state index in [0.29, 0.717) is 12.1 Å². The van der Waals surface area contributed by atoms with Crippen LogP contribution in [0.15, 0.2) is 0 Å². The minimum absolute atomic E-state index is 0.630. The van der Waals surface area contributed by atoms with Gasteiger partial charge in [0.2, 0.25) is 0 Å². The van der Waals surface area contributed by atoms with E-state index in [-0.39, 0.29) is 0 Å². The molecule has 0 radical (unpaired) electrons. The largest absolute Gasteiger partial charge is 0.315 e. The van der Waals surface area contributed by atoms with Crippen LogP contribution >= 0.6 is 0 Å². The van der Waals surface area contributed by atoms with Crippen molar-refractivity contribution in [2.24, 2.45) is 5.92 Å². The van der Waals surface area contributed by atoms with Crippen LogP contribution in [0.3, 0.4) is 0 Å². The van der Waals surface area contributed by atoms with Crippen molar-refractivity contribution in [3.05, 3.63) is 0 Å². The number of nitrogens with one attached hydrogen (secondary N) is 1. The monoisotopic (exact) mass is 241 g/mol. The minimum atomic E-state index is 0.630. The van der Waals surface area contributed by atoms with Crippen LogP contribution in [-0.4, -0.2) is 62.2 Å². The summed E-state index contributed by atoms with van der Waals surface area (Å²) in [5.74, 6) is 0.758. The first-order valence-corrected chi connectivity index (χ1v) is 7.18. The maximum Gasteiger partial charge on any atom is 0.0217 e. The Morgan fingerprint density at radius 3 is 2.65 bits per heavy atom. The Labute approximate surface area is 108 Å². The molecule has 1 heterocycles. The predicted molar refractivity (Wildman–Crippen MR) is 75.5 cm³/mol. The van der Waals surface area contributed by atoms with Crippen molar-refractivity contribution < 1.29 is 0 Å². The highest BCUT2D eigenvalue weighted by atomic mass is 15.2. The maximum absolute atomic E-state index is 3.50. The third-order valence-corrected chi connectivity index (χ3v) is 4.32. The van der Waals surface area contributed by atoms with Crippen molar-refractivity contribution >= 4 is 0 Å². The Kier molecular flexibility index (Phi) is 6.45. The Bertz CT molecular complexity index is 208. The summed E-state index contributed by atoms with van der Waals surface area (Å²) in [6, 6.07) is 1.31. The molecule has 0 amide bonds. The van der Waals surface area contributed by atoms with E-state index in [9.17, 15) is 0 Å². The summed E-state index contributed by atoms with van der Waals surface area (Å²) in [4.78, 5) is 5.12. The molecule has 0 aromatic carbocycles. The molecule has 17 heavy (non-hydrogen) atoms. The molecule has 1 aliphatic heterocycles. The van der Waals surface area contributed by atoms with Crippen LogP contribution in [0.1, 0.15) is 33.6 Å². The van der Waals surface area contributed by atoms with Crippen LogP contribution in [0, 0.1) is 5.92 Å². The summed E-state index contributed by atoms with van der Waals surface area (Å²) in [5.41, 5.74) is 0. The Morgan fingerprint density at radius 1 is 1.35 bits per heavy atom. The molecule has 0 aromatic heterocycles. The zero-order valence-electron chi connectivity index (χ0n) is 12.4. The SMILES string of the molecule is CCC(C)C(CN1CCCN(C)CC1C)NC. The van der Waals surface area contributed by atoms with Gasteiger partial charge in [-0.3, -0.25) is 4.90 Å². The molecule has 3 atom stereocenters. The van der Waals surface area contributed by atoms with Gasteiger partial charge in [0.25, 0.3) is 0 Å². The normalized spacial score (nSPS) is 27.7. The van der Waals surface area contributed by atoms with E-state index in [2.05, 4.69) is 50.0 Å². The smallest absolute Gasteiger partial charge is 0.0217 e. The first-order chi connectivity index (χ1) is 8.08. The van der Waals surface area contributed by atoms with Gasteiger partial charge in [-0.05, 0) is 46.4 Å². The van der Waals surface area contributed by atoms with Gasteiger partial charge in [-0.25, -0.2) is 0 Å². The molecule has 1 saturated heterocycles. The molecule has 102 valence electrons. The summed E-state index contributed by atoms with van der Waals surface area (Å²) < 4.78 is 0. The Morgan fingerprint density at radius 2 is 2.06 bits per heavy atom. The van der Waals surface area contributed by atoms with Crippen molar-refractivity contribution in [3.63, 3.8) is 0 Å². The fraction of sp³-hybridized carbons (Fsp3) is 1.00. The van der Waals surface area contributed by atoms with E-state index in [1.165, 1.54) is 39.0 Å². The molecule has 1 fully saturated rings. The van der Waals surface area contributed by atoms with Gasteiger partial charge >= 0.3 is 0 Å². The van der Waals surface area contributed by atoms with E-state index < -0.39 is 0 Å². The van der Waals surface area contributed by atoms with Crippen molar-refractivity contribution in [2.45, 2.75) is 45.7 Å². The molecule has 1 rings (SSSR count). The molecule has 0 saturated carbocycles. The van der Waals surface area contributed by atoms with Crippen molar-refractivity contribution in [1.82, 2.24) is 15.1 Å². The number of hydrogen-bond donors (Lipinski definition) is 1. The van der Waals surface area contributed by atoms with Gasteiger partial charge in [-0.2, -0.15) is 0 Å². The minimum Gasteiger partial charge on any atom is -0.315 e. The first kappa shape index (κ1) is 14.9. The second-order valence-corrected chi connectivity index (χ2v) is 5.74. The van der Waals surface area contributed by atoms with Gasteiger partial charge in [0, 0.05) is 25.2 Å². The van der Waals surface area contributed by atoms with Gasteiger partial charge in [-0.15, -0.1) is 0 Å². The average Bonchev–Trinajstić information content (AvgIpc) is 2.46. The van der Waals surface area contributed by atoms with E-state index in [1.807, 2.05) is 0 Å². The van der Waals surface area contributed by atoms with Crippen LogP contribution in [0.5, 0.6) is 0 Å². The first-order valence-electron chi connectivity index (χ1n) is 7.18. The van der Waals surface area contributed by atoms with Crippen molar-refractivity contribution in [1.29, 1.82) is 0 Å². The zero-order chi connectivity index (χ0) is 12.8. The average molecular weight is 241 g/mol. The lowest BCUT2D eigenvalue weighted by molar-refractivity contribution is 0.167. The molecule has 3 heteroatoms. The highest BCUT2D eigenvalue weighted by molar-refractivity contribution is 4.81. The topological polar surface area (TPSA) is 18.5 Å². The summed E-state index contributed by atoms with van der Waals surface area (Å²) in [7, 11) is 4.34.